The highest BCUT2D eigenvalue weighted by Gasteiger charge is 2.24. The number of fused-ring (bicyclic) bond motifs is 1. The first-order valence-electron chi connectivity index (χ1n) is 7.92. The van der Waals surface area contributed by atoms with Crippen LogP contribution in [0.25, 0.3) is 0 Å². The van der Waals surface area contributed by atoms with E-state index in [0.29, 0.717) is 36.3 Å². The molecule has 136 valence electrons. The predicted octanol–water partition coefficient (Wildman–Crippen LogP) is 2.56. The molecule has 2 aromatic rings. The highest BCUT2D eigenvalue weighted by atomic mass is 32.2. The summed E-state index contributed by atoms with van der Waals surface area (Å²) in [5, 5.41) is 13.3. The van der Waals surface area contributed by atoms with Crippen molar-refractivity contribution in [3.8, 4) is 0 Å². The minimum absolute atomic E-state index is 0.0577. The van der Waals surface area contributed by atoms with Gasteiger partial charge in [-0.15, -0.1) is 0 Å². The number of aryl methyl sites for hydroxylation is 1. The fraction of sp³-hybridized carbons (Fsp3) is 0.235. The second-order valence-electron chi connectivity index (χ2n) is 6.04. The predicted molar refractivity (Wildman–Crippen MR) is 98.0 cm³/mol. The number of benzene rings is 2. The van der Waals surface area contributed by atoms with Gasteiger partial charge in [-0.3, -0.25) is 19.2 Å². The zero-order valence-electron chi connectivity index (χ0n) is 14.0. The molecule has 8 nitrogen and oxygen atoms in total. The van der Waals surface area contributed by atoms with Gasteiger partial charge in [-0.1, -0.05) is 0 Å². The summed E-state index contributed by atoms with van der Waals surface area (Å²) < 4.78 is 25.1. The Balaban J connectivity index is 1.82. The molecular formula is C17H17N3O5S. The number of hydrogen-bond donors (Lipinski definition) is 1. The van der Waals surface area contributed by atoms with E-state index < -0.39 is 14.9 Å². The number of carbonyl (C=O) groups excluding carboxylic acids is 1. The van der Waals surface area contributed by atoms with E-state index in [1.165, 1.54) is 28.6 Å². The number of nitrogens with one attached hydrogen (secondary N) is 1. The molecule has 0 bridgehead atoms. The molecule has 1 aliphatic rings. The van der Waals surface area contributed by atoms with Crippen LogP contribution in [-0.4, -0.2) is 32.0 Å². The number of hydrogen-bond acceptors (Lipinski definition) is 5. The van der Waals surface area contributed by atoms with Gasteiger partial charge < -0.3 is 5.32 Å². The Bertz CT molecular complexity index is 970. The lowest BCUT2D eigenvalue weighted by Gasteiger charge is -2.29. The van der Waals surface area contributed by atoms with E-state index in [1.54, 1.807) is 18.2 Å². The number of anilines is 2. The van der Waals surface area contributed by atoms with E-state index in [1.807, 2.05) is 0 Å². The molecule has 0 spiro atoms. The maximum Gasteiger partial charge on any atom is 0.269 e. The summed E-state index contributed by atoms with van der Waals surface area (Å²) in [5.41, 5.74) is 2.19. The van der Waals surface area contributed by atoms with Gasteiger partial charge in [0.1, 0.15) is 0 Å². The summed E-state index contributed by atoms with van der Waals surface area (Å²) in [4.78, 5) is 22.6. The first-order chi connectivity index (χ1) is 12.3. The minimum Gasteiger partial charge on any atom is -0.322 e. The van der Waals surface area contributed by atoms with Gasteiger partial charge in [-0.25, -0.2) is 8.42 Å². The molecule has 0 atom stereocenters. The normalized spacial score (nSPS) is 13.8. The lowest BCUT2D eigenvalue weighted by molar-refractivity contribution is -0.384. The lowest BCUT2D eigenvalue weighted by atomic mass is 10.0. The molecule has 1 amide bonds. The number of sulfonamides is 1. The van der Waals surface area contributed by atoms with Gasteiger partial charge in [0.05, 0.1) is 16.9 Å². The highest BCUT2D eigenvalue weighted by molar-refractivity contribution is 7.92. The fourth-order valence-electron chi connectivity index (χ4n) is 2.92. The highest BCUT2D eigenvalue weighted by Crippen LogP contribution is 2.30. The first-order valence-corrected chi connectivity index (χ1v) is 9.77. The van der Waals surface area contributed by atoms with Crippen molar-refractivity contribution in [2.45, 2.75) is 12.8 Å². The molecule has 0 radical (unpaired) electrons. The SMILES string of the molecule is CS(=O)(=O)N1CCCc2cc(C(=O)Nc3ccc([N+](=O)[O-])cc3)ccc21. The molecule has 1 N–H and O–H groups in total. The monoisotopic (exact) mass is 375 g/mol. The number of nitro benzene ring substituents is 1. The molecule has 0 aromatic heterocycles. The molecule has 3 rings (SSSR count). The van der Waals surface area contributed by atoms with Crippen LogP contribution in [-0.2, 0) is 16.4 Å². The number of carbonyl (C=O) groups is 1. The number of nitro groups is 1. The molecule has 0 saturated heterocycles. The Hall–Kier alpha value is -2.94. The van der Waals surface area contributed by atoms with E-state index in [4.69, 9.17) is 0 Å². The average Bonchev–Trinajstić information content (AvgIpc) is 2.60. The van der Waals surface area contributed by atoms with Gasteiger partial charge in [0.15, 0.2) is 0 Å². The van der Waals surface area contributed by atoms with Crippen molar-refractivity contribution >= 4 is 33.0 Å². The van der Waals surface area contributed by atoms with E-state index in [-0.39, 0.29) is 11.6 Å². The van der Waals surface area contributed by atoms with Crippen molar-refractivity contribution in [3.05, 3.63) is 63.7 Å². The molecule has 0 aliphatic carbocycles. The molecule has 1 aliphatic heterocycles. The summed E-state index contributed by atoms with van der Waals surface area (Å²) in [5.74, 6) is -0.363. The molecule has 0 fully saturated rings. The Morgan fingerprint density at radius 3 is 2.50 bits per heavy atom. The van der Waals surface area contributed by atoms with Crippen LogP contribution >= 0.6 is 0 Å². The van der Waals surface area contributed by atoms with Crippen molar-refractivity contribution in [3.63, 3.8) is 0 Å². The van der Waals surface area contributed by atoms with Crippen LogP contribution in [0, 0.1) is 10.1 Å². The van der Waals surface area contributed by atoms with Gasteiger partial charge in [0.2, 0.25) is 10.0 Å². The summed E-state index contributed by atoms with van der Waals surface area (Å²) in [6.07, 6.45) is 2.55. The zero-order chi connectivity index (χ0) is 18.9. The lowest BCUT2D eigenvalue weighted by Crippen LogP contribution is -2.34. The van der Waals surface area contributed by atoms with Crippen molar-refractivity contribution < 1.29 is 18.1 Å². The van der Waals surface area contributed by atoms with Crippen LogP contribution in [0.15, 0.2) is 42.5 Å². The Labute approximate surface area is 150 Å². The third kappa shape index (κ3) is 3.67. The van der Waals surface area contributed by atoms with Gasteiger partial charge >= 0.3 is 0 Å². The van der Waals surface area contributed by atoms with Gasteiger partial charge in [-0.05, 0) is 48.7 Å². The maximum atomic E-state index is 12.4. The summed E-state index contributed by atoms with van der Waals surface area (Å²) in [6.45, 7) is 0.431. The standard InChI is InChI=1S/C17H17N3O5S/c1-26(24,25)19-10-2-3-12-11-13(4-9-16(12)19)17(21)18-14-5-7-15(8-6-14)20(22)23/h4-9,11H,2-3,10H2,1H3,(H,18,21). The molecule has 0 saturated carbocycles. The van der Waals surface area contributed by atoms with Crippen molar-refractivity contribution in [2.24, 2.45) is 0 Å². The quantitative estimate of drug-likeness (QED) is 0.652. The van der Waals surface area contributed by atoms with Crippen LogP contribution in [0.3, 0.4) is 0 Å². The maximum absolute atomic E-state index is 12.4. The molecule has 0 unspecified atom stereocenters. The topological polar surface area (TPSA) is 110 Å². The zero-order valence-corrected chi connectivity index (χ0v) is 14.8. The Kier molecular flexibility index (Phi) is 4.64. The molecule has 2 aromatic carbocycles. The van der Waals surface area contributed by atoms with Crippen LogP contribution in [0.1, 0.15) is 22.3 Å². The van der Waals surface area contributed by atoms with Crippen LogP contribution in [0.2, 0.25) is 0 Å². The van der Waals surface area contributed by atoms with Gasteiger partial charge in [0.25, 0.3) is 11.6 Å². The van der Waals surface area contributed by atoms with E-state index in [2.05, 4.69) is 5.32 Å². The van der Waals surface area contributed by atoms with Crippen molar-refractivity contribution in [1.29, 1.82) is 0 Å². The Morgan fingerprint density at radius 1 is 1.19 bits per heavy atom. The van der Waals surface area contributed by atoms with Gasteiger partial charge in [0, 0.05) is 29.9 Å². The third-order valence-electron chi connectivity index (χ3n) is 4.15. The molecular weight excluding hydrogens is 358 g/mol. The number of rotatable bonds is 4. The molecule has 9 heteroatoms. The smallest absolute Gasteiger partial charge is 0.269 e. The molecule has 1 heterocycles. The van der Waals surface area contributed by atoms with Gasteiger partial charge in [-0.2, -0.15) is 0 Å². The second kappa shape index (κ2) is 6.75. The minimum atomic E-state index is -3.35. The van der Waals surface area contributed by atoms with E-state index in [0.717, 1.165) is 11.8 Å². The van der Waals surface area contributed by atoms with Crippen molar-refractivity contribution in [1.82, 2.24) is 0 Å². The summed E-state index contributed by atoms with van der Waals surface area (Å²) in [6, 6.07) is 10.4. The van der Waals surface area contributed by atoms with Crippen molar-refractivity contribution in [2.75, 3.05) is 22.4 Å². The van der Waals surface area contributed by atoms with Crippen LogP contribution in [0.4, 0.5) is 17.1 Å². The second-order valence-corrected chi connectivity index (χ2v) is 7.95. The van der Waals surface area contributed by atoms with E-state index >= 15 is 0 Å². The number of nitrogens with zero attached hydrogens (tertiary/aromatic N) is 2. The summed E-state index contributed by atoms with van der Waals surface area (Å²) in [7, 11) is -3.35. The number of amides is 1. The fourth-order valence-corrected chi connectivity index (χ4v) is 3.91. The van der Waals surface area contributed by atoms with E-state index in [9.17, 15) is 23.3 Å². The van der Waals surface area contributed by atoms with Crippen LogP contribution < -0.4 is 9.62 Å². The molecule has 26 heavy (non-hydrogen) atoms. The average molecular weight is 375 g/mol. The third-order valence-corrected chi connectivity index (χ3v) is 5.33. The van der Waals surface area contributed by atoms with Crippen LogP contribution in [0.5, 0.6) is 0 Å². The first kappa shape index (κ1) is 17.9. The Morgan fingerprint density at radius 2 is 1.88 bits per heavy atom. The largest absolute Gasteiger partial charge is 0.322 e. The summed E-state index contributed by atoms with van der Waals surface area (Å²) >= 11 is 0. The number of non-ortho nitro benzene ring substituents is 1.